The third kappa shape index (κ3) is 3.80. The Balaban J connectivity index is 1.93. The third-order valence-electron chi connectivity index (χ3n) is 2.44. The van der Waals surface area contributed by atoms with Crippen molar-refractivity contribution in [2.24, 2.45) is 0 Å². The van der Waals surface area contributed by atoms with E-state index < -0.39 is 6.09 Å². The van der Waals surface area contributed by atoms with E-state index in [1.54, 1.807) is 6.20 Å². The van der Waals surface area contributed by atoms with Gasteiger partial charge in [0, 0.05) is 12.1 Å². The molecule has 0 fully saturated rings. The lowest BCUT2D eigenvalue weighted by molar-refractivity contribution is -0.670. The Hall–Kier alpha value is -2.37. The van der Waals surface area contributed by atoms with E-state index in [0.29, 0.717) is 6.61 Å². The third-order valence-corrected chi connectivity index (χ3v) is 2.44. The van der Waals surface area contributed by atoms with E-state index in [-0.39, 0.29) is 5.88 Å². The van der Waals surface area contributed by atoms with Crippen molar-refractivity contribution in [1.82, 2.24) is 5.27 Å². The van der Waals surface area contributed by atoms with Crippen LogP contribution in [0.3, 0.4) is 0 Å². The fraction of sp³-hybridized carbons (Fsp3) is 0.308. The number of amides is 1. The van der Waals surface area contributed by atoms with E-state index in [4.69, 9.17) is 9.26 Å². The van der Waals surface area contributed by atoms with Gasteiger partial charge < -0.3 is 4.74 Å². The van der Waals surface area contributed by atoms with Crippen LogP contribution in [0.25, 0.3) is 5.69 Å². The zero-order chi connectivity index (χ0) is 13.5. The first-order valence-corrected chi connectivity index (χ1v) is 6.17. The molecule has 6 nitrogen and oxygen atoms in total. The van der Waals surface area contributed by atoms with Gasteiger partial charge in [-0.1, -0.05) is 31.5 Å². The minimum absolute atomic E-state index is 0.241. The summed E-state index contributed by atoms with van der Waals surface area (Å²) < 4.78 is 11.5. The molecule has 0 saturated heterocycles. The maximum absolute atomic E-state index is 11.4. The summed E-state index contributed by atoms with van der Waals surface area (Å²) in [4.78, 5) is 11.4. The van der Waals surface area contributed by atoms with Gasteiger partial charge in [-0.15, -0.1) is 0 Å². The highest BCUT2D eigenvalue weighted by atomic mass is 16.6. The number of hydrogen-bond acceptors (Lipinski definition) is 4. The molecule has 19 heavy (non-hydrogen) atoms. The Morgan fingerprint density at radius 3 is 2.95 bits per heavy atom. The Labute approximate surface area is 111 Å². The van der Waals surface area contributed by atoms with E-state index >= 15 is 0 Å². The summed E-state index contributed by atoms with van der Waals surface area (Å²) in [5, 5.41) is 6.29. The number of unbranched alkanes of at least 4 members (excludes halogenated alkanes) is 1. The van der Waals surface area contributed by atoms with Gasteiger partial charge in [0.2, 0.25) is 11.0 Å². The molecule has 0 aliphatic rings. The highest BCUT2D eigenvalue weighted by molar-refractivity contribution is 5.82. The van der Waals surface area contributed by atoms with Crippen molar-refractivity contribution in [3.8, 4) is 5.69 Å². The smallest absolute Gasteiger partial charge is 0.414 e. The highest BCUT2D eigenvalue weighted by Gasteiger charge is 2.16. The lowest BCUT2D eigenvalue weighted by Crippen LogP contribution is -2.31. The topological polar surface area (TPSA) is 68.2 Å². The SMILES string of the molecule is CCCCOC(=O)Nc1c[n+](-c2ccccc2)no1. The maximum atomic E-state index is 11.4. The lowest BCUT2D eigenvalue weighted by atomic mass is 10.3. The fourth-order valence-corrected chi connectivity index (χ4v) is 1.45. The molecule has 1 amide bonds. The first-order valence-electron chi connectivity index (χ1n) is 6.17. The number of anilines is 1. The van der Waals surface area contributed by atoms with Crippen LogP contribution in [0.4, 0.5) is 10.7 Å². The minimum Gasteiger partial charge on any atom is -0.449 e. The van der Waals surface area contributed by atoms with Gasteiger partial charge in [-0.2, -0.15) is 0 Å². The summed E-state index contributed by atoms with van der Waals surface area (Å²) in [5.41, 5.74) is 0.846. The highest BCUT2D eigenvalue weighted by Crippen LogP contribution is 2.04. The normalized spacial score (nSPS) is 10.2. The molecule has 1 aromatic carbocycles. The van der Waals surface area contributed by atoms with Crippen molar-refractivity contribution >= 4 is 12.0 Å². The van der Waals surface area contributed by atoms with E-state index in [9.17, 15) is 4.79 Å². The molecule has 0 spiro atoms. The minimum atomic E-state index is -0.537. The maximum Gasteiger partial charge on any atom is 0.414 e. The van der Waals surface area contributed by atoms with Crippen LogP contribution in [0.1, 0.15) is 19.8 Å². The van der Waals surface area contributed by atoms with Crippen LogP contribution in [0.2, 0.25) is 0 Å². The molecule has 1 aromatic heterocycles. The molecule has 0 bridgehead atoms. The van der Waals surface area contributed by atoms with E-state index in [1.165, 1.54) is 4.68 Å². The van der Waals surface area contributed by atoms with E-state index in [1.807, 2.05) is 37.3 Å². The van der Waals surface area contributed by atoms with Crippen LogP contribution in [0.5, 0.6) is 0 Å². The molecule has 0 unspecified atom stereocenters. The molecule has 0 aliphatic carbocycles. The van der Waals surface area contributed by atoms with E-state index in [2.05, 4.69) is 10.6 Å². The Morgan fingerprint density at radius 1 is 1.42 bits per heavy atom. The monoisotopic (exact) mass is 262 g/mol. The average Bonchev–Trinajstić information content (AvgIpc) is 2.88. The van der Waals surface area contributed by atoms with Gasteiger partial charge in [0.1, 0.15) is 0 Å². The molecule has 6 heteroatoms. The lowest BCUT2D eigenvalue weighted by Gasteiger charge is -2.01. The molecule has 0 atom stereocenters. The molecular formula is C13H16N3O3+. The summed E-state index contributed by atoms with van der Waals surface area (Å²) in [6.07, 6.45) is 2.86. The zero-order valence-corrected chi connectivity index (χ0v) is 10.7. The van der Waals surface area contributed by atoms with Crippen molar-refractivity contribution in [3.63, 3.8) is 0 Å². The molecule has 1 N–H and O–H groups in total. The summed E-state index contributed by atoms with van der Waals surface area (Å²) in [6.45, 7) is 2.43. The number of nitrogens with one attached hydrogen (secondary N) is 1. The number of ether oxygens (including phenoxy) is 1. The van der Waals surface area contributed by atoms with Gasteiger partial charge in [0.25, 0.3) is 6.20 Å². The van der Waals surface area contributed by atoms with Crippen LogP contribution in [-0.4, -0.2) is 18.0 Å². The first-order chi connectivity index (χ1) is 9.29. The van der Waals surface area contributed by atoms with Gasteiger partial charge in [-0.05, 0) is 11.1 Å². The molecule has 2 rings (SSSR count). The Morgan fingerprint density at radius 2 is 2.21 bits per heavy atom. The average molecular weight is 262 g/mol. The van der Waals surface area contributed by atoms with Gasteiger partial charge in [0.05, 0.1) is 6.61 Å². The van der Waals surface area contributed by atoms with Crippen molar-refractivity contribution < 1.29 is 18.7 Å². The second-order valence-corrected chi connectivity index (χ2v) is 3.96. The summed E-state index contributed by atoms with van der Waals surface area (Å²) >= 11 is 0. The van der Waals surface area contributed by atoms with Crippen molar-refractivity contribution in [2.45, 2.75) is 19.8 Å². The van der Waals surface area contributed by atoms with Crippen LogP contribution in [-0.2, 0) is 4.74 Å². The van der Waals surface area contributed by atoms with Crippen LogP contribution < -0.4 is 10.00 Å². The Bertz CT molecular complexity index is 525. The first kappa shape index (κ1) is 13.1. The second kappa shape index (κ2) is 6.53. The molecular weight excluding hydrogens is 246 g/mol. The van der Waals surface area contributed by atoms with Gasteiger partial charge >= 0.3 is 12.0 Å². The molecule has 2 aromatic rings. The predicted octanol–water partition coefficient (Wildman–Crippen LogP) is 2.30. The van der Waals surface area contributed by atoms with Crippen LogP contribution in [0, 0.1) is 0 Å². The molecule has 0 saturated carbocycles. The van der Waals surface area contributed by atoms with Crippen molar-refractivity contribution in [2.75, 3.05) is 11.9 Å². The Kier molecular flexibility index (Phi) is 4.49. The number of hydrogen-bond donors (Lipinski definition) is 1. The number of rotatable bonds is 5. The number of aromatic nitrogens is 2. The van der Waals surface area contributed by atoms with Crippen molar-refractivity contribution in [1.29, 1.82) is 0 Å². The number of para-hydroxylation sites is 1. The number of benzene rings is 1. The summed E-state index contributed by atoms with van der Waals surface area (Å²) in [5.74, 6) is 0.241. The number of carbonyl (C=O) groups excluding carboxylic acids is 1. The van der Waals surface area contributed by atoms with Gasteiger partial charge in [-0.3, -0.25) is 9.84 Å². The number of carbonyl (C=O) groups is 1. The molecule has 1 heterocycles. The molecule has 100 valence electrons. The largest absolute Gasteiger partial charge is 0.449 e. The van der Waals surface area contributed by atoms with Gasteiger partial charge in [0.15, 0.2) is 0 Å². The standard InChI is InChI=1S/C13H15N3O3/c1-2-3-9-18-13(17)14-12-10-16(15-19-12)11-7-5-4-6-8-11/h4-8,10H,2-3,9H2,1H3/p+1. The number of nitrogens with zero attached hydrogens (tertiary/aromatic N) is 2. The van der Waals surface area contributed by atoms with E-state index in [0.717, 1.165) is 18.5 Å². The van der Waals surface area contributed by atoms with Crippen LogP contribution in [0.15, 0.2) is 41.1 Å². The fourth-order valence-electron chi connectivity index (χ4n) is 1.45. The van der Waals surface area contributed by atoms with Crippen molar-refractivity contribution in [3.05, 3.63) is 36.5 Å². The van der Waals surface area contributed by atoms with Crippen LogP contribution >= 0.6 is 0 Å². The predicted molar refractivity (Wildman–Crippen MR) is 67.9 cm³/mol. The molecule has 0 radical (unpaired) electrons. The summed E-state index contributed by atoms with van der Waals surface area (Å²) in [6, 6.07) is 9.46. The van der Waals surface area contributed by atoms with Gasteiger partial charge in [-0.25, -0.2) is 4.79 Å². The quantitative estimate of drug-likeness (QED) is 0.663. The second-order valence-electron chi connectivity index (χ2n) is 3.96. The zero-order valence-electron chi connectivity index (χ0n) is 10.7. The summed E-state index contributed by atoms with van der Waals surface area (Å²) in [7, 11) is 0. The molecule has 0 aliphatic heterocycles.